The van der Waals surface area contributed by atoms with Gasteiger partial charge < -0.3 is 5.32 Å². The summed E-state index contributed by atoms with van der Waals surface area (Å²) in [6.07, 6.45) is 0. The molecule has 1 nitrogen and oxygen atoms in total. The van der Waals surface area contributed by atoms with Gasteiger partial charge in [0.15, 0.2) is 0 Å². The Morgan fingerprint density at radius 2 is 2.31 bits per heavy atom. The highest BCUT2D eigenvalue weighted by molar-refractivity contribution is 9.10. The van der Waals surface area contributed by atoms with Gasteiger partial charge in [-0.05, 0) is 25.1 Å². The number of hydrogen-bond acceptors (Lipinski definition) is 1. The van der Waals surface area contributed by atoms with Crippen molar-refractivity contribution in [1.29, 1.82) is 0 Å². The van der Waals surface area contributed by atoms with Crippen LogP contribution in [0.3, 0.4) is 0 Å². The van der Waals surface area contributed by atoms with Crippen molar-refractivity contribution in [2.24, 2.45) is 0 Å². The average molecular weight is 244 g/mol. The summed E-state index contributed by atoms with van der Waals surface area (Å²) >= 11 is 3.27. The Morgan fingerprint density at radius 1 is 1.62 bits per heavy atom. The van der Waals surface area contributed by atoms with Crippen molar-refractivity contribution in [3.05, 3.63) is 40.6 Å². The minimum absolute atomic E-state index is 0.246. The molecule has 0 radical (unpaired) electrons. The van der Waals surface area contributed by atoms with Gasteiger partial charge in [0.05, 0.1) is 5.69 Å². The third-order valence-electron chi connectivity index (χ3n) is 1.51. The molecule has 0 heterocycles. The van der Waals surface area contributed by atoms with E-state index < -0.39 is 0 Å². The summed E-state index contributed by atoms with van der Waals surface area (Å²) in [6.45, 7) is 6.21. The Kier molecular flexibility index (Phi) is 3.48. The molecule has 0 bridgehead atoms. The molecule has 1 N–H and O–H groups in total. The van der Waals surface area contributed by atoms with Crippen LogP contribution in [0.1, 0.15) is 6.92 Å². The first kappa shape index (κ1) is 10.3. The van der Waals surface area contributed by atoms with Crippen LogP contribution >= 0.6 is 15.9 Å². The smallest absolute Gasteiger partial charge is 0.146 e. The van der Waals surface area contributed by atoms with Crippen molar-refractivity contribution in [3.8, 4) is 0 Å². The van der Waals surface area contributed by atoms with E-state index in [0.29, 0.717) is 12.2 Å². The normalized spacial score (nSPS) is 9.77. The summed E-state index contributed by atoms with van der Waals surface area (Å²) in [7, 11) is 0. The molecule has 0 aliphatic rings. The van der Waals surface area contributed by atoms with Crippen LogP contribution in [0.25, 0.3) is 0 Å². The average Bonchev–Trinajstić information content (AvgIpc) is 2.06. The van der Waals surface area contributed by atoms with Crippen LogP contribution in [0, 0.1) is 5.82 Å². The number of nitrogens with one attached hydrogen (secondary N) is 1. The molecule has 0 amide bonds. The van der Waals surface area contributed by atoms with Crippen LogP contribution in [0.4, 0.5) is 10.1 Å². The Balaban J connectivity index is 2.75. The molecule has 0 atom stereocenters. The van der Waals surface area contributed by atoms with Gasteiger partial charge in [0.25, 0.3) is 0 Å². The van der Waals surface area contributed by atoms with Crippen molar-refractivity contribution in [2.75, 3.05) is 11.9 Å². The molecule has 3 heteroatoms. The summed E-state index contributed by atoms with van der Waals surface area (Å²) in [6, 6.07) is 4.80. The van der Waals surface area contributed by atoms with E-state index >= 15 is 0 Å². The van der Waals surface area contributed by atoms with E-state index in [-0.39, 0.29) is 5.82 Å². The predicted octanol–water partition coefficient (Wildman–Crippen LogP) is 3.58. The highest BCUT2D eigenvalue weighted by atomic mass is 79.9. The first-order valence-corrected chi connectivity index (χ1v) is 4.72. The van der Waals surface area contributed by atoms with E-state index in [0.717, 1.165) is 10.0 Å². The quantitative estimate of drug-likeness (QED) is 0.801. The lowest BCUT2D eigenvalue weighted by atomic mass is 10.3. The molecule has 1 aromatic rings. The standard InChI is InChI=1S/C10H11BrFN/c1-7(2)6-13-10-5-8(11)3-4-9(10)12/h3-5,13H,1,6H2,2H3. The summed E-state index contributed by atoms with van der Waals surface area (Å²) in [4.78, 5) is 0. The van der Waals surface area contributed by atoms with Gasteiger partial charge in [0, 0.05) is 11.0 Å². The third kappa shape index (κ3) is 3.19. The zero-order chi connectivity index (χ0) is 9.84. The molecule has 0 saturated heterocycles. The lowest BCUT2D eigenvalue weighted by Crippen LogP contribution is -2.03. The summed E-state index contributed by atoms with van der Waals surface area (Å²) in [5.74, 6) is -0.246. The first-order chi connectivity index (χ1) is 6.09. The lowest BCUT2D eigenvalue weighted by molar-refractivity contribution is 0.630. The van der Waals surface area contributed by atoms with E-state index in [1.807, 2.05) is 6.92 Å². The van der Waals surface area contributed by atoms with Crippen LogP contribution in [-0.4, -0.2) is 6.54 Å². The molecule has 0 aliphatic carbocycles. The Hall–Kier alpha value is -0.830. The Labute approximate surface area is 85.8 Å². The number of benzene rings is 1. The molecule has 0 spiro atoms. The van der Waals surface area contributed by atoms with Crippen LogP contribution in [0.5, 0.6) is 0 Å². The maximum Gasteiger partial charge on any atom is 0.146 e. The van der Waals surface area contributed by atoms with Gasteiger partial charge in [-0.15, -0.1) is 0 Å². The minimum atomic E-state index is -0.246. The van der Waals surface area contributed by atoms with E-state index in [1.54, 1.807) is 12.1 Å². The topological polar surface area (TPSA) is 12.0 Å². The minimum Gasteiger partial charge on any atom is -0.379 e. The van der Waals surface area contributed by atoms with Gasteiger partial charge >= 0.3 is 0 Å². The van der Waals surface area contributed by atoms with Gasteiger partial charge in [-0.25, -0.2) is 4.39 Å². The molecule has 13 heavy (non-hydrogen) atoms. The maximum absolute atomic E-state index is 13.1. The van der Waals surface area contributed by atoms with Crippen molar-refractivity contribution < 1.29 is 4.39 Å². The summed E-state index contributed by atoms with van der Waals surface area (Å²) < 4.78 is 14.0. The fourth-order valence-corrected chi connectivity index (χ4v) is 1.24. The number of hydrogen-bond donors (Lipinski definition) is 1. The van der Waals surface area contributed by atoms with Crippen molar-refractivity contribution >= 4 is 21.6 Å². The second kappa shape index (κ2) is 4.42. The molecule has 0 aromatic heterocycles. The van der Waals surface area contributed by atoms with Gasteiger partial charge in [0.1, 0.15) is 5.82 Å². The second-order valence-electron chi connectivity index (χ2n) is 2.93. The number of rotatable bonds is 3. The maximum atomic E-state index is 13.1. The van der Waals surface area contributed by atoms with E-state index in [9.17, 15) is 4.39 Å². The highest BCUT2D eigenvalue weighted by Gasteiger charge is 2.00. The number of halogens is 2. The van der Waals surface area contributed by atoms with Gasteiger partial charge in [-0.2, -0.15) is 0 Å². The molecule has 1 aromatic carbocycles. The van der Waals surface area contributed by atoms with E-state index in [4.69, 9.17) is 0 Å². The van der Waals surface area contributed by atoms with Crippen molar-refractivity contribution in [2.45, 2.75) is 6.92 Å². The van der Waals surface area contributed by atoms with Crippen molar-refractivity contribution in [1.82, 2.24) is 0 Å². The molecule has 0 aliphatic heterocycles. The molecule has 0 fully saturated rings. The van der Waals surface area contributed by atoms with Crippen LogP contribution < -0.4 is 5.32 Å². The third-order valence-corrected chi connectivity index (χ3v) is 2.00. The SMILES string of the molecule is C=C(C)CNc1cc(Br)ccc1F. The zero-order valence-corrected chi connectivity index (χ0v) is 8.99. The number of anilines is 1. The van der Waals surface area contributed by atoms with Crippen molar-refractivity contribution in [3.63, 3.8) is 0 Å². The molecular weight excluding hydrogens is 233 g/mol. The molecule has 0 unspecified atom stereocenters. The Morgan fingerprint density at radius 3 is 2.92 bits per heavy atom. The van der Waals surface area contributed by atoms with Gasteiger partial charge in [-0.3, -0.25) is 0 Å². The molecule has 0 saturated carbocycles. The lowest BCUT2D eigenvalue weighted by Gasteiger charge is -2.07. The van der Waals surface area contributed by atoms with Crippen LogP contribution in [0.15, 0.2) is 34.8 Å². The molecule has 1 rings (SSSR count). The van der Waals surface area contributed by atoms with E-state index in [2.05, 4.69) is 27.8 Å². The largest absolute Gasteiger partial charge is 0.379 e. The first-order valence-electron chi connectivity index (χ1n) is 3.93. The predicted molar refractivity (Wildman–Crippen MR) is 57.4 cm³/mol. The van der Waals surface area contributed by atoms with Gasteiger partial charge in [0.2, 0.25) is 0 Å². The van der Waals surface area contributed by atoms with E-state index in [1.165, 1.54) is 6.07 Å². The second-order valence-corrected chi connectivity index (χ2v) is 3.85. The molecular formula is C10H11BrFN. The van der Waals surface area contributed by atoms with Crippen LogP contribution in [0.2, 0.25) is 0 Å². The van der Waals surface area contributed by atoms with Gasteiger partial charge in [-0.1, -0.05) is 28.1 Å². The summed E-state index contributed by atoms with van der Waals surface area (Å²) in [5.41, 5.74) is 1.47. The highest BCUT2D eigenvalue weighted by Crippen LogP contribution is 2.19. The van der Waals surface area contributed by atoms with Crippen LogP contribution in [-0.2, 0) is 0 Å². The Bertz CT molecular complexity index is 323. The summed E-state index contributed by atoms with van der Waals surface area (Å²) in [5, 5.41) is 2.95. The fraction of sp³-hybridized carbons (Fsp3) is 0.200. The fourth-order valence-electron chi connectivity index (χ4n) is 0.879. The zero-order valence-electron chi connectivity index (χ0n) is 7.40. The molecule has 70 valence electrons. The monoisotopic (exact) mass is 243 g/mol.